The van der Waals surface area contributed by atoms with Gasteiger partial charge in [0.2, 0.25) is 0 Å². The van der Waals surface area contributed by atoms with Crippen LogP contribution in [-0.4, -0.2) is 65.1 Å². The van der Waals surface area contributed by atoms with Crippen LogP contribution in [0.2, 0.25) is 0 Å². The number of ketones is 1. The molecule has 3 aromatic rings. The van der Waals surface area contributed by atoms with Crippen molar-refractivity contribution in [2.24, 2.45) is 0 Å². The lowest BCUT2D eigenvalue weighted by Gasteiger charge is -2.33. The Morgan fingerprint density at radius 1 is 0.939 bits per heavy atom. The van der Waals surface area contributed by atoms with Crippen LogP contribution in [0.4, 0.5) is 16.3 Å². The van der Waals surface area contributed by atoms with Crippen molar-refractivity contribution in [1.82, 2.24) is 14.9 Å². The third kappa shape index (κ3) is 7.86. The smallest absolute Gasteiger partial charge is 0.409 e. The summed E-state index contributed by atoms with van der Waals surface area (Å²) in [6.07, 6.45) is 5.54. The van der Waals surface area contributed by atoms with Gasteiger partial charge in [0.1, 0.15) is 5.82 Å². The predicted molar refractivity (Wildman–Crippen MR) is 130 cm³/mol. The van der Waals surface area contributed by atoms with Gasteiger partial charge in [-0.2, -0.15) is 0 Å². The Hall–Kier alpha value is -4.04. The van der Waals surface area contributed by atoms with Crippen molar-refractivity contribution in [2.45, 2.75) is 0 Å². The predicted octanol–water partition coefficient (Wildman–Crippen LogP) is 3.90. The molecule has 1 fully saturated rings. The van der Waals surface area contributed by atoms with E-state index in [0.29, 0.717) is 11.3 Å². The lowest BCUT2D eigenvalue weighted by molar-refractivity contribution is 0.104. The minimum Gasteiger partial charge on any atom is -0.465 e. The number of piperazine rings is 1. The van der Waals surface area contributed by atoms with E-state index in [1.807, 2.05) is 36.4 Å². The summed E-state index contributed by atoms with van der Waals surface area (Å²) in [6, 6.07) is 17.8. The molecule has 0 atom stereocenters. The highest BCUT2D eigenvalue weighted by atomic mass is 16.4. The number of likely N-dealkylation sites (N-methyl/N-ethyl adjacent to an activating group) is 1. The highest BCUT2D eigenvalue weighted by Crippen LogP contribution is 2.15. The van der Waals surface area contributed by atoms with Crippen molar-refractivity contribution in [3.8, 4) is 0 Å². The van der Waals surface area contributed by atoms with Crippen molar-refractivity contribution in [2.75, 3.05) is 43.4 Å². The van der Waals surface area contributed by atoms with Gasteiger partial charge in [0.15, 0.2) is 5.78 Å². The molecular formula is C25H27N5O3. The molecule has 0 bridgehead atoms. The second-order valence-corrected chi connectivity index (χ2v) is 7.44. The molecule has 1 aromatic carbocycles. The maximum Gasteiger partial charge on any atom is 0.409 e. The van der Waals surface area contributed by atoms with Crippen molar-refractivity contribution < 1.29 is 14.7 Å². The topological polar surface area (TPSA) is 98.7 Å². The molecule has 0 radical (unpaired) electrons. The number of carbonyl (C=O) groups excluding carboxylic acids is 1. The molecule has 0 spiro atoms. The zero-order chi connectivity index (χ0) is 23.5. The molecule has 1 aliphatic heterocycles. The highest BCUT2D eigenvalue weighted by Gasteiger charge is 2.15. The number of pyridine rings is 2. The summed E-state index contributed by atoms with van der Waals surface area (Å²) < 4.78 is 0. The molecule has 0 saturated carbocycles. The van der Waals surface area contributed by atoms with E-state index in [-0.39, 0.29) is 5.78 Å². The van der Waals surface area contributed by atoms with Gasteiger partial charge in [-0.15, -0.1) is 0 Å². The van der Waals surface area contributed by atoms with E-state index in [2.05, 4.69) is 32.1 Å². The summed E-state index contributed by atoms with van der Waals surface area (Å²) in [6.45, 7) is 3.89. The second-order valence-electron chi connectivity index (χ2n) is 7.44. The number of nitrogens with zero attached hydrogens (tertiary/aromatic N) is 4. The molecule has 0 aliphatic carbocycles. The van der Waals surface area contributed by atoms with Gasteiger partial charge in [-0.25, -0.2) is 9.78 Å². The Kier molecular flexibility index (Phi) is 8.67. The third-order valence-corrected chi connectivity index (χ3v) is 4.98. The first-order chi connectivity index (χ1) is 16.0. The van der Waals surface area contributed by atoms with Gasteiger partial charge in [0.05, 0.1) is 5.69 Å². The zero-order valence-electron chi connectivity index (χ0n) is 18.5. The lowest BCUT2D eigenvalue weighted by atomic mass is 10.1. The van der Waals surface area contributed by atoms with Crippen LogP contribution < -0.4 is 10.2 Å². The average Bonchev–Trinajstić information content (AvgIpc) is 2.85. The third-order valence-electron chi connectivity index (χ3n) is 4.98. The number of amides is 1. The molecule has 8 nitrogen and oxygen atoms in total. The molecule has 2 N–H and O–H groups in total. The van der Waals surface area contributed by atoms with Crippen LogP contribution in [-0.2, 0) is 0 Å². The zero-order valence-corrected chi connectivity index (χ0v) is 18.5. The van der Waals surface area contributed by atoms with E-state index in [1.165, 1.54) is 6.08 Å². The van der Waals surface area contributed by atoms with E-state index >= 15 is 0 Å². The number of hydrogen-bond acceptors (Lipinski definition) is 6. The molecular weight excluding hydrogens is 418 g/mol. The van der Waals surface area contributed by atoms with Gasteiger partial charge in [0.25, 0.3) is 0 Å². The maximum atomic E-state index is 12.3. The van der Waals surface area contributed by atoms with Crippen molar-refractivity contribution in [3.05, 3.63) is 90.4 Å². The highest BCUT2D eigenvalue weighted by molar-refractivity contribution is 6.07. The van der Waals surface area contributed by atoms with Gasteiger partial charge in [-0.05, 0) is 67.7 Å². The first-order valence-electron chi connectivity index (χ1n) is 10.6. The largest absolute Gasteiger partial charge is 0.465 e. The van der Waals surface area contributed by atoms with E-state index < -0.39 is 6.09 Å². The molecule has 1 saturated heterocycles. The van der Waals surface area contributed by atoms with E-state index in [4.69, 9.17) is 5.11 Å². The van der Waals surface area contributed by atoms with Crippen molar-refractivity contribution in [3.63, 3.8) is 0 Å². The van der Waals surface area contributed by atoms with Crippen LogP contribution in [0.3, 0.4) is 0 Å². The van der Waals surface area contributed by atoms with E-state index in [9.17, 15) is 9.59 Å². The first-order valence-corrected chi connectivity index (χ1v) is 10.6. The summed E-state index contributed by atoms with van der Waals surface area (Å²) in [7, 11) is 2.11. The van der Waals surface area contributed by atoms with Crippen LogP contribution in [0, 0.1) is 0 Å². The van der Waals surface area contributed by atoms with Crippen molar-refractivity contribution in [1.29, 1.82) is 0 Å². The van der Waals surface area contributed by atoms with Crippen LogP contribution in [0.5, 0.6) is 0 Å². The molecule has 33 heavy (non-hydrogen) atoms. The van der Waals surface area contributed by atoms with Crippen LogP contribution in [0.15, 0.2) is 79.1 Å². The Balaban J connectivity index is 0.000000442. The number of carbonyl (C=O) groups is 2. The average molecular weight is 446 g/mol. The number of carboxylic acid groups (broad SMARTS) is 1. The van der Waals surface area contributed by atoms with E-state index in [0.717, 1.165) is 37.7 Å². The minimum atomic E-state index is -1.14. The van der Waals surface area contributed by atoms with Crippen LogP contribution in [0.1, 0.15) is 16.1 Å². The molecule has 2 aromatic heterocycles. The van der Waals surface area contributed by atoms with Crippen LogP contribution >= 0.6 is 0 Å². The van der Waals surface area contributed by atoms with Gasteiger partial charge in [-0.1, -0.05) is 12.1 Å². The number of benzene rings is 1. The number of anilines is 2. The number of aromatic nitrogens is 2. The lowest BCUT2D eigenvalue weighted by Crippen LogP contribution is -2.44. The Bertz CT molecular complexity index is 1040. The first kappa shape index (κ1) is 23.6. The Labute approximate surface area is 193 Å². The van der Waals surface area contributed by atoms with Gasteiger partial charge < -0.3 is 14.9 Å². The Morgan fingerprint density at radius 2 is 1.64 bits per heavy atom. The molecule has 8 heteroatoms. The standard InChI is InChI=1S/C20H22N4O3.C5H5N/c1-23-11-13-24(14-12-23)19-4-2-3-16(21-19)9-10-18(25)15-5-7-17(8-6-15)22-20(26)27;1-2-4-6-5-3-1/h2-10,22H,11-14H2,1H3,(H,26,27);1-5H. The maximum absolute atomic E-state index is 12.3. The summed E-state index contributed by atoms with van der Waals surface area (Å²) in [4.78, 5) is 35.9. The minimum absolute atomic E-state index is 0.163. The number of rotatable bonds is 5. The SMILES string of the molecule is CN1CCN(c2cccc(C=CC(=O)c3ccc(NC(=O)O)cc3)n2)CC1.c1ccncc1. The summed E-state index contributed by atoms with van der Waals surface area (Å²) in [5.41, 5.74) is 1.63. The van der Waals surface area contributed by atoms with Gasteiger partial charge in [0, 0.05) is 49.8 Å². The number of nitrogens with one attached hydrogen (secondary N) is 1. The van der Waals surface area contributed by atoms with Gasteiger partial charge in [-0.3, -0.25) is 15.1 Å². The number of allylic oxidation sites excluding steroid dienone is 1. The fourth-order valence-electron chi connectivity index (χ4n) is 3.16. The fourth-order valence-corrected chi connectivity index (χ4v) is 3.16. The monoisotopic (exact) mass is 445 g/mol. The summed E-state index contributed by atoms with van der Waals surface area (Å²) in [5, 5.41) is 10.9. The van der Waals surface area contributed by atoms with Crippen molar-refractivity contribution >= 4 is 29.5 Å². The van der Waals surface area contributed by atoms with Gasteiger partial charge >= 0.3 is 6.09 Å². The Morgan fingerprint density at radius 3 is 2.21 bits per heavy atom. The molecule has 3 heterocycles. The molecule has 4 rings (SSSR count). The quantitative estimate of drug-likeness (QED) is 0.454. The molecule has 170 valence electrons. The molecule has 1 aliphatic rings. The summed E-state index contributed by atoms with van der Waals surface area (Å²) >= 11 is 0. The number of hydrogen-bond donors (Lipinski definition) is 2. The second kappa shape index (κ2) is 12.1. The molecule has 0 unspecified atom stereocenters. The van der Waals surface area contributed by atoms with Crippen LogP contribution in [0.25, 0.3) is 6.08 Å². The normalized spacial score (nSPS) is 13.8. The molecule has 1 amide bonds. The summed E-state index contributed by atoms with van der Waals surface area (Å²) in [5.74, 6) is 0.755. The van der Waals surface area contributed by atoms with E-state index in [1.54, 1.807) is 42.7 Å². The fraction of sp³-hybridized carbons (Fsp3) is 0.200.